The fourth-order valence-electron chi connectivity index (χ4n) is 2.29. The Balaban J connectivity index is 2.11. The van der Waals surface area contributed by atoms with E-state index in [0.29, 0.717) is 0 Å². The highest BCUT2D eigenvalue weighted by molar-refractivity contribution is 7.98. The largest absolute Gasteiger partial charge is 0.493 e. The molecule has 1 aliphatic heterocycles. The van der Waals surface area contributed by atoms with E-state index in [0.717, 1.165) is 40.0 Å². The van der Waals surface area contributed by atoms with Crippen molar-refractivity contribution in [3.63, 3.8) is 0 Å². The lowest BCUT2D eigenvalue weighted by atomic mass is 10.0. The van der Waals surface area contributed by atoms with Crippen molar-refractivity contribution < 1.29 is 9.47 Å². The second kappa shape index (κ2) is 5.20. The lowest BCUT2D eigenvalue weighted by Gasteiger charge is -2.11. The normalized spacial score (nSPS) is 12.6. The van der Waals surface area contributed by atoms with Crippen LogP contribution in [0.5, 0.6) is 11.5 Å². The molecule has 0 aliphatic carbocycles. The minimum absolute atomic E-state index is 0.718. The summed E-state index contributed by atoms with van der Waals surface area (Å²) in [5.74, 6) is 2.40. The van der Waals surface area contributed by atoms with Crippen LogP contribution in [-0.2, 0) is 6.42 Å². The molecule has 0 saturated carbocycles. The van der Waals surface area contributed by atoms with Crippen LogP contribution in [0.25, 0.3) is 12.3 Å². The number of rotatable bonds is 3. The number of thioether (sulfide) groups is 1. The van der Waals surface area contributed by atoms with Gasteiger partial charge in [-0.05, 0) is 35.6 Å². The summed E-state index contributed by atoms with van der Waals surface area (Å²) in [6, 6.07) is 3.99. The molecule has 5 nitrogen and oxygen atoms in total. The molecule has 0 saturated heterocycles. The van der Waals surface area contributed by atoms with Gasteiger partial charge in [0.15, 0.2) is 16.7 Å². The van der Waals surface area contributed by atoms with Crippen LogP contribution in [0.4, 0.5) is 0 Å². The molecule has 0 atom stereocenters. The molecule has 0 unspecified atom stereocenters. The number of ether oxygens (including phenoxy) is 2. The van der Waals surface area contributed by atoms with E-state index in [-0.39, 0.29) is 0 Å². The van der Waals surface area contributed by atoms with Gasteiger partial charge in [-0.3, -0.25) is 4.57 Å². The summed E-state index contributed by atoms with van der Waals surface area (Å²) in [6.07, 6.45) is 6.77. The van der Waals surface area contributed by atoms with E-state index >= 15 is 0 Å². The van der Waals surface area contributed by atoms with Crippen molar-refractivity contribution in [2.24, 2.45) is 0 Å². The van der Waals surface area contributed by atoms with Gasteiger partial charge in [-0.25, -0.2) is 0 Å². The lowest BCUT2D eigenvalue weighted by molar-refractivity contribution is 0.354. The van der Waals surface area contributed by atoms with Crippen molar-refractivity contribution in [1.82, 2.24) is 14.8 Å². The second-order valence-corrected chi connectivity index (χ2v) is 5.14. The zero-order valence-electron chi connectivity index (χ0n) is 11.6. The summed E-state index contributed by atoms with van der Waals surface area (Å²) in [6.45, 7) is 0. The number of hydrogen-bond acceptors (Lipinski definition) is 5. The Morgan fingerprint density at radius 3 is 2.60 bits per heavy atom. The number of nitrogens with zero attached hydrogens (tertiary/aromatic N) is 3. The maximum absolute atomic E-state index is 5.36. The van der Waals surface area contributed by atoms with Crippen LogP contribution in [0.3, 0.4) is 0 Å². The quantitative estimate of drug-likeness (QED) is 0.694. The lowest BCUT2D eigenvalue weighted by Crippen LogP contribution is -1.99. The van der Waals surface area contributed by atoms with Gasteiger partial charge in [-0.1, -0.05) is 11.8 Å². The number of benzene rings is 1. The highest BCUT2D eigenvalue weighted by Crippen LogP contribution is 2.33. The number of methoxy groups -OCH3 is 2. The van der Waals surface area contributed by atoms with Crippen LogP contribution < -0.4 is 9.47 Å². The van der Waals surface area contributed by atoms with Crippen molar-refractivity contribution in [1.29, 1.82) is 0 Å². The van der Waals surface area contributed by atoms with E-state index in [1.807, 2.05) is 29.2 Å². The van der Waals surface area contributed by atoms with Crippen LogP contribution in [-0.4, -0.2) is 35.2 Å². The molecule has 3 rings (SSSR count). The minimum Gasteiger partial charge on any atom is -0.493 e. The smallest absolute Gasteiger partial charge is 0.195 e. The van der Waals surface area contributed by atoms with E-state index in [1.165, 1.54) is 0 Å². The van der Waals surface area contributed by atoms with Gasteiger partial charge in [-0.2, -0.15) is 0 Å². The summed E-state index contributed by atoms with van der Waals surface area (Å²) in [5, 5.41) is 9.32. The van der Waals surface area contributed by atoms with Crippen LogP contribution in [0, 0.1) is 0 Å². The van der Waals surface area contributed by atoms with Crippen LogP contribution in [0.1, 0.15) is 17.0 Å². The van der Waals surface area contributed by atoms with Gasteiger partial charge in [0.2, 0.25) is 0 Å². The fourth-order valence-corrected chi connectivity index (χ4v) is 2.77. The molecule has 104 valence electrons. The van der Waals surface area contributed by atoms with Gasteiger partial charge in [-0.15, -0.1) is 10.2 Å². The van der Waals surface area contributed by atoms with Crippen LogP contribution in [0.2, 0.25) is 0 Å². The summed E-state index contributed by atoms with van der Waals surface area (Å²) in [5.41, 5.74) is 2.26. The third-order valence-corrected chi connectivity index (χ3v) is 3.96. The van der Waals surface area contributed by atoms with Crippen LogP contribution in [0.15, 0.2) is 17.3 Å². The predicted octanol–water partition coefficient (Wildman–Crippen LogP) is 2.55. The minimum atomic E-state index is 0.718. The Bertz CT molecular complexity index is 679. The zero-order chi connectivity index (χ0) is 14.1. The monoisotopic (exact) mass is 289 g/mol. The molecule has 2 aromatic rings. The van der Waals surface area contributed by atoms with Crippen molar-refractivity contribution >= 4 is 24.0 Å². The average Bonchev–Trinajstić information content (AvgIpc) is 2.78. The summed E-state index contributed by atoms with van der Waals surface area (Å²) in [4.78, 5) is 0. The van der Waals surface area contributed by atoms with Crippen LogP contribution >= 0.6 is 11.8 Å². The summed E-state index contributed by atoms with van der Waals surface area (Å²) < 4.78 is 12.7. The molecule has 0 amide bonds. The van der Waals surface area contributed by atoms with E-state index in [1.54, 1.807) is 26.0 Å². The first kappa shape index (κ1) is 13.1. The standard InChI is InChI=1S/C14H15N3O2S/c1-18-11-6-9-4-5-17-13(15-16-14(17)20-3)8-10(9)7-12(11)19-2/h4-7H,8H2,1-3H3. The highest BCUT2D eigenvalue weighted by Gasteiger charge is 2.17. The fraction of sp³-hybridized carbons (Fsp3) is 0.286. The van der Waals surface area contributed by atoms with E-state index in [2.05, 4.69) is 16.3 Å². The predicted molar refractivity (Wildman–Crippen MR) is 79.4 cm³/mol. The van der Waals surface area contributed by atoms with Crippen molar-refractivity contribution in [2.75, 3.05) is 20.5 Å². The Kier molecular flexibility index (Phi) is 3.40. The summed E-state index contributed by atoms with van der Waals surface area (Å²) in [7, 11) is 3.29. The first-order valence-corrected chi connectivity index (χ1v) is 7.40. The molecule has 1 aliphatic rings. The molecule has 0 radical (unpaired) electrons. The third-order valence-electron chi connectivity index (χ3n) is 3.31. The SMILES string of the molecule is COc1cc2c(cc1OC)Cc1nnc(SC)n1C=C2. The average molecular weight is 289 g/mol. The van der Waals surface area contributed by atoms with Crippen molar-refractivity contribution in [3.8, 4) is 11.5 Å². The number of aromatic nitrogens is 3. The second-order valence-electron chi connectivity index (χ2n) is 4.37. The van der Waals surface area contributed by atoms with Crippen molar-refractivity contribution in [3.05, 3.63) is 29.1 Å². The van der Waals surface area contributed by atoms with Gasteiger partial charge >= 0.3 is 0 Å². The van der Waals surface area contributed by atoms with Gasteiger partial charge in [0.1, 0.15) is 5.82 Å². The molecule has 6 heteroatoms. The molecule has 0 N–H and O–H groups in total. The van der Waals surface area contributed by atoms with Gasteiger partial charge < -0.3 is 9.47 Å². The number of hydrogen-bond donors (Lipinski definition) is 0. The molecule has 0 spiro atoms. The molecular formula is C14H15N3O2S. The maximum Gasteiger partial charge on any atom is 0.195 e. The molecule has 0 bridgehead atoms. The molecule has 1 aromatic heterocycles. The Hall–Kier alpha value is -1.95. The topological polar surface area (TPSA) is 49.2 Å². The van der Waals surface area contributed by atoms with E-state index in [4.69, 9.17) is 9.47 Å². The van der Waals surface area contributed by atoms with Crippen molar-refractivity contribution in [2.45, 2.75) is 11.6 Å². The van der Waals surface area contributed by atoms with Gasteiger partial charge in [0, 0.05) is 12.6 Å². The highest BCUT2D eigenvalue weighted by atomic mass is 32.2. The first-order chi connectivity index (χ1) is 9.76. The molecule has 2 heterocycles. The molecule has 20 heavy (non-hydrogen) atoms. The van der Waals surface area contributed by atoms with Gasteiger partial charge in [0.25, 0.3) is 0 Å². The third kappa shape index (κ3) is 2.06. The molecule has 1 aromatic carbocycles. The zero-order valence-corrected chi connectivity index (χ0v) is 12.4. The van der Waals surface area contributed by atoms with E-state index in [9.17, 15) is 0 Å². The van der Waals surface area contributed by atoms with E-state index < -0.39 is 0 Å². The molecular weight excluding hydrogens is 274 g/mol. The maximum atomic E-state index is 5.36. The molecule has 0 fully saturated rings. The Morgan fingerprint density at radius 1 is 1.15 bits per heavy atom. The summed E-state index contributed by atoms with van der Waals surface area (Å²) >= 11 is 1.58. The first-order valence-electron chi connectivity index (χ1n) is 6.17. The Morgan fingerprint density at radius 2 is 1.90 bits per heavy atom. The van der Waals surface area contributed by atoms with Gasteiger partial charge in [0.05, 0.1) is 14.2 Å². The number of fused-ring (bicyclic) bond motifs is 2. The Labute approximate surface area is 121 Å².